The van der Waals surface area contributed by atoms with Gasteiger partial charge in [-0.25, -0.2) is 0 Å². The van der Waals surface area contributed by atoms with Crippen LogP contribution in [0.2, 0.25) is 10.0 Å². The number of alkyl halides is 6. The molecule has 0 radical (unpaired) electrons. The van der Waals surface area contributed by atoms with E-state index in [9.17, 15) is 36.2 Å². The van der Waals surface area contributed by atoms with E-state index >= 15 is 0 Å². The monoisotopic (exact) mass is 566 g/mol. The van der Waals surface area contributed by atoms with Crippen LogP contribution in [0.25, 0.3) is 0 Å². The molecule has 1 N–H and O–H groups in total. The van der Waals surface area contributed by atoms with Crippen LogP contribution in [0.3, 0.4) is 0 Å². The van der Waals surface area contributed by atoms with Gasteiger partial charge in [-0.3, -0.25) is 4.79 Å². The third kappa shape index (κ3) is 4.44. The van der Waals surface area contributed by atoms with E-state index in [0.717, 1.165) is 5.56 Å². The third-order valence-electron chi connectivity index (χ3n) is 6.99. The number of oxime groups is 1. The Morgan fingerprint density at radius 3 is 2.22 bits per heavy atom. The molecule has 1 aliphatic carbocycles. The van der Waals surface area contributed by atoms with Gasteiger partial charge in [0.15, 0.2) is 0 Å². The van der Waals surface area contributed by atoms with Crippen LogP contribution in [0.15, 0.2) is 41.6 Å². The number of carbonyl (C=O) groups excluding carboxylic acids is 1. The van der Waals surface area contributed by atoms with Gasteiger partial charge in [0.2, 0.25) is 0 Å². The quantitative estimate of drug-likeness (QED) is 0.459. The summed E-state index contributed by atoms with van der Waals surface area (Å²) < 4.78 is 83.0. The predicted molar refractivity (Wildman–Crippen MR) is 121 cm³/mol. The maximum absolute atomic E-state index is 14.3. The molecule has 5 nitrogen and oxygen atoms in total. The Labute approximate surface area is 216 Å². The molecule has 1 saturated carbocycles. The largest absolute Gasteiger partial charge is 0.435 e. The van der Waals surface area contributed by atoms with Gasteiger partial charge < -0.3 is 14.8 Å². The van der Waals surface area contributed by atoms with E-state index in [2.05, 4.69) is 5.16 Å². The molecule has 1 unspecified atom stereocenters. The average molecular weight is 567 g/mol. The summed E-state index contributed by atoms with van der Waals surface area (Å²) in [4.78, 5) is 18.6. The van der Waals surface area contributed by atoms with Crippen molar-refractivity contribution in [1.82, 2.24) is 4.90 Å². The van der Waals surface area contributed by atoms with Gasteiger partial charge in [-0.1, -0.05) is 52.6 Å². The van der Waals surface area contributed by atoms with Crippen molar-refractivity contribution >= 4 is 34.8 Å². The Morgan fingerprint density at radius 1 is 1.05 bits per heavy atom. The molecule has 1 saturated heterocycles. The first-order valence-corrected chi connectivity index (χ1v) is 11.9. The fraction of sp³-hybridized carbons (Fsp3) is 0.417. The van der Waals surface area contributed by atoms with E-state index in [1.165, 1.54) is 0 Å². The second-order valence-electron chi connectivity index (χ2n) is 9.51. The molecule has 1 amide bonds. The van der Waals surface area contributed by atoms with Crippen molar-refractivity contribution in [3.63, 3.8) is 0 Å². The van der Waals surface area contributed by atoms with Gasteiger partial charge in [-0.15, -0.1) is 0 Å². The zero-order chi connectivity index (χ0) is 27.0. The Bertz CT molecular complexity index is 1290. The highest BCUT2D eigenvalue weighted by Crippen LogP contribution is 2.51. The first-order chi connectivity index (χ1) is 17.1. The molecule has 198 valence electrons. The number of nitrogens with zero attached hydrogens (tertiary/aromatic N) is 2. The van der Waals surface area contributed by atoms with Gasteiger partial charge in [0.1, 0.15) is 5.60 Å². The number of halogens is 8. The zero-order valence-corrected chi connectivity index (χ0v) is 20.3. The van der Waals surface area contributed by atoms with Gasteiger partial charge in [-0.05, 0) is 36.1 Å². The number of rotatable bonds is 4. The van der Waals surface area contributed by atoms with Gasteiger partial charge in [0, 0.05) is 31.0 Å². The summed E-state index contributed by atoms with van der Waals surface area (Å²) in [7, 11) is 0. The number of aliphatic hydroxyl groups is 1. The number of likely N-dealkylation sites (tertiary alicyclic amines) is 1. The SMILES string of the molecule is O=C(N1CC(c2ccc(C3=NOC(c4cc(Cl)c(Cl)c(C(F)(F)F)c4)(C(F)(F)F)C3)cc2)C1)C1(O)CC1. The number of benzene rings is 2. The molecular weight excluding hydrogens is 549 g/mol. The van der Waals surface area contributed by atoms with E-state index < -0.39 is 51.1 Å². The topological polar surface area (TPSA) is 62.1 Å². The maximum atomic E-state index is 14.3. The van der Waals surface area contributed by atoms with Gasteiger partial charge in [0.05, 0.1) is 21.3 Å². The van der Waals surface area contributed by atoms with Crippen molar-refractivity contribution in [3.8, 4) is 0 Å². The predicted octanol–water partition coefficient (Wildman–Crippen LogP) is 6.05. The molecule has 5 rings (SSSR count). The summed E-state index contributed by atoms with van der Waals surface area (Å²) in [5, 5.41) is 11.9. The lowest BCUT2D eigenvalue weighted by Gasteiger charge is -2.40. The minimum Gasteiger partial charge on any atom is -0.380 e. The minimum absolute atomic E-state index is 0.00776. The van der Waals surface area contributed by atoms with Gasteiger partial charge in [-0.2, -0.15) is 26.3 Å². The Morgan fingerprint density at radius 2 is 1.68 bits per heavy atom. The van der Waals surface area contributed by atoms with Crippen molar-refractivity contribution in [1.29, 1.82) is 0 Å². The molecule has 0 spiro atoms. The van der Waals surface area contributed by atoms with Crippen LogP contribution in [0, 0.1) is 0 Å². The van der Waals surface area contributed by atoms with E-state index in [4.69, 9.17) is 28.0 Å². The second-order valence-corrected chi connectivity index (χ2v) is 10.3. The van der Waals surface area contributed by atoms with Gasteiger partial charge in [0.25, 0.3) is 11.5 Å². The molecule has 2 aliphatic heterocycles. The van der Waals surface area contributed by atoms with Crippen molar-refractivity contribution in [2.75, 3.05) is 13.1 Å². The van der Waals surface area contributed by atoms with E-state index in [1.54, 1.807) is 29.2 Å². The van der Waals surface area contributed by atoms with E-state index in [1.807, 2.05) is 0 Å². The highest BCUT2D eigenvalue weighted by Gasteiger charge is 2.63. The Kier molecular flexibility index (Phi) is 6.00. The number of carbonyl (C=O) groups is 1. The van der Waals surface area contributed by atoms with Crippen molar-refractivity contribution in [2.24, 2.45) is 5.16 Å². The summed E-state index contributed by atoms with van der Waals surface area (Å²) in [6.07, 6.45) is -10.2. The molecule has 2 fully saturated rings. The molecule has 3 aliphatic rings. The Balaban J connectivity index is 1.36. The summed E-state index contributed by atoms with van der Waals surface area (Å²) in [6, 6.07) is 7.44. The molecular formula is C24H18Cl2F6N2O3. The van der Waals surface area contributed by atoms with Crippen LogP contribution in [0.4, 0.5) is 26.3 Å². The van der Waals surface area contributed by atoms with Crippen molar-refractivity contribution in [3.05, 3.63) is 68.7 Å². The molecule has 1 atom stereocenters. The van der Waals surface area contributed by atoms with Crippen LogP contribution < -0.4 is 0 Å². The lowest BCUT2D eigenvalue weighted by Crippen LogP contribution is -2.52. The normalized spacial score (nSPS) is 23.4. The lowest BCUT2D eigenvalue weighted by molar-refractivity contribution is -0.276. The molecule has 2 aromatic carbocycles. The molecule has 0 aromatic heterocycles. The molecule has 2 aromatic rings. The van der Waals surface area contributed by atoms with Crippen LogP contribution in [-0.2, 0) is 21.4 Å². The highest BCUT2D eigenvalue weighted by molar-refractivity contribution is 6.42. The van der Waals surface area contributed by atoms with Crippen molar-refractivity contribution < 1.29 is 41.1 Å². The number of hydrogen-bond donors (Lipinski definition) is 1. The first kappa shape index (κ1) is 26.1. The highest BCUT2D eigenvalue weighted by atomic mass is 35.5. The summed E-state index contributed by atoms with van der Waals surface area (Å²) in [6.45, 7) is 0.835. The van der Waals surface area contributed by atoms with E-state index in [0.29, 0.717) is 37.6 Å². The summed E-state index contributed by atoms with van der Waals surface area (Å²) in [5.41, 5.74) is -5.77. The fourth-order valence-corrected chi connectivity index (χ4v) is 4.95. The van der Waals surface area contributed by atoms with Crippen LogP contribution >= 0.6 is 23.2 Å². The minimum atomic E-state index is -5.13. The summed E-state index contributed by atoms with van der Waals surface area (Å²) in [5.74, 6) is -0.286. The van der Waals surface area contributed by atoms with Crippen LogP contribution in [-0.4, -0.2) is 46.5 Å². The standard InChI is InChI=1S/C24H18Cl2F6N2O3/c25-17-8-15(7-16(19(17)26)23(27,28)29)22(24(30,31)32)9-18(33-37-22)13-3-1-12(2-4-13)14-10-34(11-14)20(35)21(36)5-6-21/h1-4,7-8,14,36H,5-6,9-11H2. The zero-order valence-electron chi connectivity index (χ0n) is 18.8. The fourth-order valence-electron chi connectivity index (χ4n) is 4.52. The summed E-state index contributed by atoms with van der Waals surface area (Å²) >= 11 is 11.4. The van der Waals surface area contributed by atoms with Crippen molar-refractivity contribution in [2.45, 2.75) is 48.7 Å². The van der Waals surface area contributed by atoms with Crippen LogP contribution in [0.5, 0.6) is 0 Å². The smallest absolute Gasteiger partial charge is 0.380 e. The molecule has 13 heteroatoms. The molecule has 37 heavy (non-hydrogen) atoms. The maximum Gasteiger partial charge on any atom is 0.435 e. The lowest BCUT2D eigenvalue weighted by atomic mass is 9.85. The number of hydrogen-bond acceptors (Lipinski definition) is 4. The third-order valence-corrected chi connectivity index (χ3v) is 7.79. The first-order valence-electron chi connectivity index (χ1n) is 11.2. The van der Waals surface area contributed by atoms with Crippen LogP contribution in [0.1, 0.15) is 47.4 Å². The average Bonchev–Trinajstić information content (AvgIpc) is 3.36. The van der Waals surface area contributed by atoms with Gasteiger partial charge >= 0.3 is 12.4 Å². The Hall–Kier alpha value is -2.50. The number of amides is 1. The van der Waals surface area contributed by atoms with E-state index in [-0.39, 0.29) is 23.6 Å². The second kappa shape index (κ2) is 8.51. The molecule has 2 heterocycles. The molecule has 0 bridgehead atoms.